The molecule has 0 aliphatic carbocycles. The number of aliphatic carboxylic acids is 1. The second kappa shape index (κ2) is 15.4. The minimum Gasteiger partial charge on any atom is -0.480 e. The van der Waals surface area contributed by atoms with E-state index in [1.54, 1.807) is 34.6 Å². The third kappa shape index (κ3) is 11.4. The highest BCUT2D eigenvalue weighted by Gasteiger charge is 2.33. The fourth-order valence-corrected chi connectivity index (χ4v) is 3.48. The number of unbranched alkanes of at least 4 members (excludes halogenated alkanes) is 1. The predicted molar refractivity (Wildman–Crippen MR) is 147 cm³/mol. The number of hydrogen-bond donors (Lipinski definition) is 2. The van der Waals surface area contributed by atoms with Gasteiger partial charge in [-0.05, 0) is 70.6 Å². The van der Waals surface area contributed by atoms with Crippen molar-refractivity contribution in [2.24, 2.45) is 11.7 Å². The number of ether oxygens (including phenoxy) is 5. The van der Waals surface area contributed by atoms with Crippen molar-refractivity contribution in [2.75, 3.05) is 6.61 Å². The van der Waals surface area contributed by atoms with Gasteiger partial charge in [0.1, 0.15) is 17.2 Å². The normalized spacial score (nSPS) is 13.9. The maximum atomic E-state index is 12.6. The minimum absolute atomic E-state index is 0.0756. The van der Waals surface area contributed by atoms with Crippen molar-refractivity contribution >= 4 is 24.2 Å². The van der Waals surface area contributed by atoms with E-state index in [2.05, 4.69) is 0 Å². The van der Waals surface area contributed by atoms with E-state index in [0.29, 0.717) is 24.8 Å². The fourth-order valence-electron chi connectivity index (χ4n) is 3.48. The van der Waals surface area contributed by atoms with Crippen molar-refractivity contribution in [1.82, 2.24) is 0 Å². The van der Waals surface area contributed by atoms with Gasteiger partial charge in [0.15, 0.2) is 11.5 Å². The van der Waals surface area contributed by atoms with E-state index >= 15 is 0 Å². The molecule has 2 unspecified atom stereocenters. The Morgan fingerprint density at radius 2 is 1.43 bits per heavy atom. The molecule has 226 valence electrons. The monoisotopic (exact) mass is 567 g/mol. The molecule has 0 spiro atoms. The van der Waals surface area contributed by atoms with Gasteiger partial charge in [0, 0.05) is 12.3 Å². The molecule has 11 heteroatoms. The SMILES string of the molecule is CCCCC(=O)OCC(C)C(c1ccc(OC(=O)OC(C)(C)CC)c(OC(=O)OC(C)(C)CC)c1)[C@H](N)C(=O)O. The molecule has 1 aromatic rings. The summed E-state index contributed by atoms with van der Waals surface area (Å²) in [7, 11) is 0. The van der Waals surface area contributed by atoms with Crippen molar-refractivity contribution in [3.8, 4) is 11.5 Å². The van der Waals surface area contributed by atoms with Crippen molar-refractivity contribution in [1.29, 1.82) is 0 Å². The predicted octanol–water partition coefficient (Wildman–Crippen LogP) is 5.96. The van der Waals surface area contributed by atoms with E-state index in [4.69, 9.17) is 29.4 Å². The Morgan fingerprint density at radius 3 is 1.90 bits per heavy atom. The van der Waals surface area contributed by atoms with Crippen LogP contribution in [-0.4, -0.2) is 53.2 Å². The highest BCUT2D eigenvalue weighted by Crippen LogP contribution is 2.36. The highest BCUT2D eigenvalue weighted by molar-refractivity contribution is 5.75. The van der Waals surface area contributed by atoms with Gasteiger partial charge in [-0.25, -0.2) is 9.59 Å². The Kier molecular flexibility index (Phi) is 13.4. The van der Waals surface area contributed by atoms with Crippen LogP contribution in [0.15, 0.2) is 18.2 Å². The lowest BCUT2D eigenvalue weighted by Crippen LogP contribution is -2.40. The van der Waals surface area contributed by atoms with Crippen LogP contribution in [0.5, 0.6) is 11.5 Å². The Morgan fingerprint density at radius 1 is 0.900 bits per heavy atom. The molecule has 3 atom stereocenters. The molecular weight excluding hydrogens is 522 g/mol. The number of carboxylic acid groups (broad SMARTS) is 1. The summed E-state index contributed by atoms with van der Waals surface area (Å²) in [6.07, 6.45) is 0.730. The van der Waals surface area contributed by atoms with Crippen molar-refractivity contribution in [2.45, 2.75) is 111 Å². The van der Waals surface area contributed by atoms with Crippen LogP contribution >= 0.6 is 0 Å². The standard InChI is InChI=1S/C29H45NO10/c1-9-12-13-22(31)36-17-18(4)23(24(30)25(32)33)19-14-15-20(37-26(34)39-28(5,6)10-2)21(16-19)38-27(35)40-29(7,8)11-3/h14-16,18,23-24H,9-13,17,30H2,1-8H3,(H,32,33)/t18?,23?,24-/m0/s1. The fraction of sp³-hybridized carbons (Fsp3) is 0.655. The molecule has 11 nitrogen and oxygen atoms in total. The number of carbonyl (C=O) groups excluding carboxylic acids is 3. The van der Waals surface area contributed by atoms with Gasteiger partial charge in [-0.3, -0.25) is 9.59 Å². The molecule has 0 saturated heterocycles. The Labute approximate surface area is 236 Å². The van der Waals surface area contributed by atoms with E-state index in [0.717, 1.165) is 6.42 Å². The van der Waals surface area contributed by atoms with Gasteiger partial charge in [-0.1, -0.05) is 40.2 Å². The molecule has 0 aliphatic rings. The lowest BCUT2D eigenvalue weighted by atomic mass is 9.82. The van der Waals surface area contributed by atoms with E-state index in [-0.39, 0.29) is 30.5 Å². The number of nitrogens with two attached hydrogens (primary N) is 1. The number of benzene rings is 1. The lowest BCUT2D eigenvalue weighted by molar-refractivity contribution is -0.145. The average Bonchev–Trinajstić information content (AvgIpc) is 2.86. The van der Waals surface area contributed by atoms with Gasteiger partial charge in [-0.15, -0.1) is 0 Å². The quantitative estimate of drug-likeness (QED) is 0.146. The Balaban J connectivity index is 3.42. The summed E-state index contributed by atoms with van der Waals surface area (Å²) in [4.78, 5) is 49.1. The summed E-state index contributed by atoms with van der Waals surface area (Å²) in [6, 6.07) is 2.83. The number of esters is 1. The molecular formula is C29H45NO10. The minimum atomic E-state index is -1.38. The van der Waals surface area contributed by atoms with E-state index in [1.807, 2.05) is 20.8 Å². The first kappa shape index (κ1) is 34.7. The molecule has 1 aromatic carbocycles. The number of carboxylic acids is 1. The lowest BCUT2D eigenvalue weighted by Gasteiger charge is -2.28. The summed E-state index contributed by atoms with van der Waals surface area (Å²) in [5.41, 5.74) is 4.79. The van der Waals surface area contributed by atoms with Gasteiger partial charge in [0.2, 0.25) is 0 Å². The molecule has 0 heterocycles. The first-order valence-corrected chi connectivity index (χ1v) is 13.6. The van der Waals surface area contributed by atoms with E-state index in [1.165, 1.54) is 18.2 Å². The molecule has 0 aromatic heterocycles. The van der Waals surface area contributed by atoms with Gasteiger partial charge in [0.25, 0.3) is 0 Å². The van der Waals surface area contributed by atoms with Gasteiger partial charge in [0.05, 0.1) is 6.61 Å². The molecule has 0 amide bonds. The average molecular weight is 568 g/mol. The van der Waals surface area contributed by atoms with Crippen LogP contribution in [0.4, 0.5) is 9.59 Å². The van der Waals surface area contributed by atoms with Crippen LogP contribution in [0.25, 0.3) is 0 Å². The number of carbonyl (C=O) groups is 4. The van der Waals surface area contributed by atoms with Crippen LogP contribution in [0.1, 0.15) is 99.0 Å². The Bertz CT molecular complexity index is 1020. The zero-order valence-corrected chi connectivity index (χ0v) is 24.9. The maximum absolute atomic E-state index is 12.6. The van der Waals surface area contributed by atoms with Crippen molar-refractivity contribution < 1.29 is 48.0 Å². The molecule has 0 saturated carbocycles. The summed E-state index contributed by atoms with van der Waals surface area (Å²) in [5, 5.41) is 9.71. The second-order valence-electron chi connectivity index (χ2n) is 11.0. The van der Waals surface area contributed by atoms with Gasteiger partial charge >= 0.3 is 24.2 Å². The number of rotatable bonds is 15. The van der Waals surface area contributed by atoms with Crippen LogP contribution in [0.2, 0.25) is 0 Å². The zero-order valence-electron chi connectivity index (χ0n) is 24.9. The van der Waals surface area contributed by atoms with Crippen LogP contribution in [0.3, 0.4) is 0 Å². The molecule has 40 heavy (non-hydrogen) atoms. The first-order chi connectivity index (χ1) is 18.6. The highest BCUT2D eigenvalue weighted by atomic mass is 16.8. The molecule has 0 fully saturated rings. The van der Waals surface area contributed by atoms with Crippen LogP contribution in [-0.2, 0) is 23.8 Å². The number of hydrogen-bond acceptors (Lipinski definition) is 10. The zero-order chi connectivity index (χ0) is 30.7. The summed E-state index contributed by atoms with van der Waals surface area (Å²) < 4.78 is 26.8. The van der Waals surface area contributed by atoms with Gasteiger partial charge in [-0.2, -0.15) is 0 Å². The maximum Gasteiger partial charge on any atom is 0.514 e. The Hall–Kier alpha value is -3.34. The van der Waals surface area contributed by atoms with E-state index < -0.39 is 47.4 Å². The van der Waals surface area contributed by atoms with Crippen molar-refractivity contribution in [3.63, 3.8) is 0 Å². The van der Waals surface area contributed by atoms with E-state index in [9.17, 15) is 24.3 Å². The van der Waals surface area contributed by atoms with Crippen LogP contribution < -0.4 is 15.2 Å². The molecule has 0 bridgehead atoms. The summed E-state index contributed by atoms with van der Waals surface area (Å²) >= 11 is 0. The van der Waals surface area contributed by atoms with Crippen molar-refractivity contribution in [3.05, 3.63) is 23.8 Å². The molecule has 3 N–H and O–H groups in total. The largest absolute Gasteiger partial charge is 0.514 e. The topological polar surface area (TPSA) is 161 Å². The van der Waals surface area contributed by atoms with Crippen LogP contribution in [0, 0.1) is 5.92 Å². The third-order valence-electron chi connectivity index (χ3n) is 6.69. The molecule has 0 radical (unpaired) electrons. The smallest absolute Gasteiger partial charge is 0.480 e. The summed E-state index contributed by atoms with van der Waals surface area (Å²) in [6.45, 7) is 14.1. The van der Waals surface area contributed by atoms with Gasteiger partial charge < -0.3 is 34.5 Å². The first-order valence-electron chi connectivity index (χ1n) is 13.6. The second-order valence-corrected chi connectivity index (χ2v) is 11.0. The molecule has 0 aliphatic heterocycles. The third-order valence-corrected chi connectivity index (χ3v) is 6.69. The summed E-state index contributed by atoms with van der Waals surface area (Å²) in [5.74, 6) is -3.39. The molecule has 1 rings (SSSR count).